The molecule has 0 atom stereocenters. The van der Waals surface area contributed by atoms with Gasteiger partial charge in [-0.05, 0) is 12.1 Å². The van der Waals surface area contributed by atoms with Gasteiger partial charge in [-0.25, -0.2) is 13.6 Å². The third-order valence-corrected chi connectivity index (χ3v) is 3.09. The molecule has 0 unspecified atom stereocenters. The standard InChI is InChI=1S/C10H13ClN2O6S/c11-8-1-2-10(9(7-8)13(14)15)19-4-3-18-5-6-20(12,16)17/h1-2,7H,3-6H2,(H2,12,16,17). The van der Waals surface area contributed by atoms with E-state index >= 15 is 0 Å². The van der Waals surface area contributed by atoms with Crippen LogP contribution in [0, 0.1) is 10.1 Å². The lowest BCUT2D eigenvalue weighted by atomic mass is 10.3. The number of hydrogen-bond acceptors (Lipinski definition) is 6. The van der Waals surface area contributed by atoms with Crippen LogP contribution in [-0.2, 0) is 14.8 Å². The molecule has 0 aliphatic heterocycles. The van der Waals surface area contributed by atoms with Gasteiger partial charge in [0.15, 0.2) is 5.75 Å². The second-order valence-electron chi connectivity index (χ2n) is 3.70. The lowest BCUT2D eigenvalue weighted by molar-refractivity contribution is -0.385. The summed E-state index contributed by atoms with van der Waals surface area (Å²) in [5, 5.41) is 15.8. The zero-order valence-electron chi connectivity index (χ0n) is 10.3. The molecule has 1 aromatic carbocycles. The highest BCUT2D eigenvalue weighted by Gasteiger charge is 2.15. The maximum atomic E-state index is 10.8. The van der Waals surface area contributed by atoms with Crippen LogP contribution in [0.15, 0.2) is 18.2 Å². The Morgan fingerprint density at radius 3 is 2.60 bits per heavy atom. The van der Waals surface area contributed by atoms with Crippen molar-refractivity contribution in [3.8, 4) is 5.75 Å². The summed E-state index contributed by atoms with van der Waals surface area (Å²) in [6.45, 7) is 0.0489. The fourth-order valence-corrected chi connectivity index (χ4v) is 1.76. The zero-order chi connectivity index (χ0) is 15.2. The second-order valence-corrected chi connectivity index (χ2v) is 5.87. The monoisotopic (exact) mass is 324 g/mol. The van der Waals surface area contributed by atoms with Crippen LogP contribution < -0.4 is 9.88 Å². The largest absolute Gasteiger partial charge is 0.484 e. The molecule has 0 radical (unpaired) electrons. The molecular formula is C10H13ClN2O6S. The fraction of sp³-hybridized carbons (Fsp3) is 0.400. The van der Waals surface area contributed by atoms with Crippen molar-refractivity contribution in [2.75, 3.05) is 25.6 Å². The molecule has 8 nitrogen and oxygen atoms in total. The molecule has 0 amide bonds. The number of sulfonamides is 1. The predicted molar refractivity (Wildman–Crippen MR) is 72.4 cm³/mol. The summed E-state index contributed by atoms with van der Waals surface area (Å²) in [6, 6.07) is 4.02. The quantitative estimate of drug-likeness (QED) is 0.431. The van der Waals surface area contributed by atoms with E-state index < -0.39 is 14.9 Å². The van der Waals surface area contributed by atoms with Crippen molar-refractivity contribution in [3.05, 3.63) is 33.3 Å². The normalized spacial score (nSPS) is 11.3. The summed E-state index contributed by atoms with van der Waals surface area (Å²) < 4.78 is 31.4. The minimum atomic E-state index is -3.56. The Hall–Kier alpha value is -1.42. The Kier molecular flexibility index (Phi) is 6.14. The van der Waals surface area contributed by atoms with Gasteiger partial charge in [-0.15, -0.1) is 0 Å². The van der Waals surface area contributed by atoms with E-state index in [1.165, 1.54) is 18.2 Å². The van der Waals surface area contributed by atoms with E-state index in [0.717, 1.165) is 0 Å². The van der Waals surface area contributed by atoms with Crippen molar-refractivity contribution in [3.63, 3.8) is 0 Å². The van der Waals surface area contributed by atoms with E-state index in [1.807, 2.05) is 0 Å². The van der Waals surface area contributed by atoms with Gasteiger partial charge in [0.25, 0.3) is 0 Å². The van der Waals surface area contributed by atoms with Crippen LogP contribution in [0.2, 0.25) is 5.02 Å². The van der Waals surface area contributed by atoms with E-state index in [1.54, 1.807) is 0 Å². The van der Waals surface area contributed by atoms with Crippen molar-refractivity contribution in [1.82, 2.24) is 0 Å². The van der Waals surface area contributed by atoms with Gasteiger partial charge >= 0.3 is 5.69 Å². The Labute approximate surface area is 120 Å². The van der Waals surface area contributed by atoms with Crippen LogP contribution in [-0.4, -0.2) is 38.9 Å². The van der Waals surface area contributed by atoms with Crippen LogP contribution in [0.1, 0.15) is 0 Å². The Balaban J connectivity index is 2.41. The van der Waals surface area contributed by atoms with Gasteiger partial charge in [-0.3, -0.25) is 10.1 Å². The lowest BCUT2D eigenvalue weighted by Crippen LogP contribution is -2.21. The van der Waals surface area contributed by atoms with E-state index in [-0.39, 0.29) is 42.0 Å². The first-order valence-corrected chi connectivity index (χ1v) is 7.54. The maximum Gasteiger partial charge on any atom is 0.312 e. The molecule has 112 valence electrons. The van der Waals surface area contributed by atoms with Crippen LogP contribution in [0.3, 0.4) is 0 Å². The lowest BCUT2D eigenvalue weighted by Gasteiger charge is -2.07. The van der Waals surface area contributed by atoms with Crippen molar-refractivity contribution in [2.24, 2.45) is 5.14 Å². The van der Waals surface area contributed by atoms with Gasteiger partial charge in [-0.2, -0.15) is 0 Å². The summed E-state index contributed by atoms with van der Waals surface area (Å²) in [6.07, 6.45) is 0. The molecular weight excluding hydrogens is 312 g/mol. The number of benzene rings is 1. The van der Waals surface area contributed by atoms with Gasteiger partial charge in [-0.1, -0.05) is 11.6 Å². The van der Waals surface area contributed by atoms with Crippen LogP contribution in [0.4, 0.5) is 5.69 Å². The van der Waals surface area contributed by atoms with Crippen molar-refractivity contribution < 1.29 is 22.8 Å². The summed E-state index contributed by atoms with van der Waals surface area (Å²) in [4.78, 5) is 10.2. The molecule has 2 N–H and O–H groups in total. The minimum Gasteiger partial charge on any atom is -0.484 e. The van der Waals surface area contributed by atoms with Gasteiger partial charge in [0.05, 0.1) is 23.9 Å². The second kappa shape index (κ2) is 7.39. The summed E-state index contributed by atoms with van der Waals surface area (Å²) in [7, 11) is -3.56. The SMILES string of the molecule is NS(=O)(=O)CCOCCOc1ccc(Cl)cc1[N+](=O)[O-]. The number of rotatable bonds is 8. The molecule has 0 aliphatic rings. The third-order valence-electron chi connectivity index (χ3n) is 2.12. The van der Waals surface area contributed by atoms with Crippen molar-refractivity contribution >= 4 is 27.3 Å². The first-order chi connectivity index (χ1) is 9.29. The number of nitro benzene ring substituents is 1. The zero-order valence-corrected chi connectivity index (χ0v) is 11.9. The van der Waals surface area contributed by atoms with Gasteiger partial charge in [0, 0.05) is 11.1 Å². The van der Waals surface area contributed by atoms with E-state index in [9.17, 15) is 18.5 Å². The van der Waals surface area contributed by atoms with Crippen molar-refractivity contribution in [1.29, 1.82) is 0 Å². The summed E-state index contributed by atoms with van der Waals surface area (Å²) in [5.74, 6) is -0.233. The molecule has 0 heterocycles. The predicted octanol–water partition coefficient (Wildman–Crippen LogP) is 0.932. The molecule has 0 bridgehead atoms. The van der Waals surface area contributed by atoms with E-state index in [2.05, 4.69) is 0 Å². The molecule has 0 saturated heterocycles. The Morgan fingerprint density at radius 2 is 2.00 bits per heavy atom. The number of hydrogen-bond donors (Lipinski definition) is 1. The molecule has 0 saturated carbocycles. The molecule has 1 aromatic rings. The average Bonchev–Trinajstić information content (AvgIpc) is 2.33. The Morgan fingerprint density at radius 1 is 1.30 bits per heavy atom. The first kappa shape index (κ1) is 16.6. The fourth-order valence-electron chi connectivity index (χ4n) is 1.24. The number of nitro groups is 1. The number of primary sulfonamides is 1. The molecule has 0 aromatic heterocycles. The van der Waals surface area contributed by atoms with Crippen LogP contribution in [0.5, 0.6) is 5.75 Å². The molecule has 1 rings (SSSR count). The van der Waals surface area contributed by atoms with Crippen LogP contribution >= 0.6 is 11.6 Å². The van der Waals surface area contributed by atoms with Gasteiger partial charge in [0.1, 0.15) is 6.61 Å². The minimum absolute atomic E-state index is 0.0348. The van der Waals surface area contributed by atoms with Gasteiger partial charge < -0.3 is 9.47 Å². The van der Waals surface area contributed by atoms with E-state index in [4.69, 9.17) is 26.2 Å². The third kappa shape index (κ3) is 6.15. The van der Waals surface area contributed by atoms with Crippen LogP contribution in [0.25, 0.3) is 0 Å². The highest BCUT2D eigenvalue weighted by atomic mass is 35.5. The average molecular weight is 325 g/mol. The highest BCUT2D eigenvalue weighted by Crippen LogP contribution is 2.29. The summed E-state index contributed by atoms with van der Waals surface area (Å²) in [5.41, 5.74) is -0.248. The van der Waals surface area contributed by atoms with Gasteiger partial charge in [0.2, 0.25) is 10.0 Å². The summed E-state index contributed by atoms with van der Waals surface area (Å²) >= 11 is 5.65. The van der Waals surface area contributed by atoms with Crippen molar-refractivity contribution in [2.45, 2.75) is 0 Å². The molecule has 0 spiro atoms. The molecule has 0 fully saturated rings. The smallest absolute Gasteiger partial charge is 0.312 e. The number of nitrogens with two attached hydrogens (primary N) is 1. The number of halogens is 1. The highest BCUT2D eigenvalue weighted by molar-refractivity contribution is 7.89. The topological polar surface area (TPSA) is 122 Å². The number of ether oxygens (including phenoxy) is 2. The molecule has 10 heteroatoms. The number of nitrogens with zero attached hydrogens (tertiary/aromatic N) is 1. The molecule has 0 aliphatic carbocycles. The Bertz CT molecular complexity index is 577. The molecule has 20 heavy (non-hydrogen) atoms. The first-order valence-electron chi connectivity index (χ1n) is 5.44. The van der Waals surface area contributed by atoms with E-state index in [0.29, 0.717) is 0 Å². The maximum absolute atomic E-state index is 10.8.